The van der Waals surface area contributed by atoms with Crippen molar-refractivity contribution in [2.24, 2.45) is 0 Å². The van der Waals surface area contributed by atoms with Crippen molar-refractivity contribution < 1.29 is 19.8 Å². The Hall–Kier alpha value is -3.98. The third kappa shape index (κ3) is 4.37. The number of aliphatic hydroxyl groups is 1. The SMILES string of the molecule is CN1CCc2cc(Nc3ncc(C(=O)O)c(N[C@H](CO)c4ccccc4)n3)ccc2C1=O. The van der Waals surface area contributed by atoms with Gasteiger partial charge in [0.15, 0.2) is 0 Å². The molecule has 0 bridgehead atoms. The second-order valence-electron chi connectivity index (χ2n) is 7.52. The van der Waals surface area contributed by atoms with Gasteiger partial charge in [-0.3, -0.25) is 4.79 Å². The normalized spacial score (nSPS) is 13.9. The van der Waals surface area contributed by atoms with Gasteiger partial charge in [-0.1, -0.05) is 30.3 Å². The highest BCUT2D eigenvalue weighted by atomic mass is 16.4. The molecule has 2 heterocycles. The van der Waals surface area contributed by atoms with Crippen molar-refractivity contribution in [3.05, 3.63) is 77.0 Å². The molecule has 9 nitrogen and oxygen atoms in total. The Morgan fingerprint density at radius 2 is 2.00 bits per heavy atom. The van der Waals surface area contributed by atoms with Gasteiger partial charge in [0.05, 0.1) is 12.6 Å². The molecule has 4 N–H and O–H groups in total. The van der Waals surface area contributed by atoms with Crippen LogP contribution in [-0.4, -0.2) is 57.2 Å². The number of likely N-dealkylation sites (N-methyl/N-ethyl adjacent to an activating group) is 1. The molecule has 1 aliphatic rings. The van der Waals surface area contributed by atoms with Gasteiger partial charge in [0.1, 0.15) is 11.4 Å². The lowest BCUT2D eigenvalue weighted by Gasteiger charge is -2.25. The van der Waals surface area contributed by atoms with Gasteiger partial charge in [0.25, 0.3) is 5.91 Å². The first-order chi connectivity index (χ1) is 15.5. The van der Waals surface area contributed by atoms with E-state index in [0.717, 1.165) is 17.5 Å². The van der Waals surface area contributed by atoms with Gasteiger partial charge < -0.3 is 25.7 Å². The monoisotopic (exact) mass is 433 g/mol. The van der Waals surface area contributed by atoms with Crippen molar-refractivity contribution in [1.82, 2.24) is 14.9 Å². The Labute approximate surface area is 184 Å². The van der Waals surface area contributed by atoms with Crippen LogP contribution in [0.1, 0.15) is 37.9 Å². The van der Waals surface area contributed by atoms with E-state index < -0.39 is 12.0 Å². The molecule has 164 valence electrons. The Morgan fingerprint density at radius 3 is 2.72 bits per heavy atom. The number of rotatable bonds is 7. The molecule has 32 heavy (non-hydrogen) atoms. The summed E-state index contributed by atoms with van der Waals surface area (Å²) in [4.78, 5) is 34.1. The molecule has 0 fully saturated rings. The second-order valence-corrected chi connectivity index (χ2v) is 7.52. The van der Waals surface area contributed by atoms with Crippen molar-refractivity contribution in [3.8, 4) is 0 Å². The van der Waals surface area contributed by atoms with Crippen molar-refractivity contribution in [2.45, 2.75) is 12.5 Å². The third-order valence-corrected chi connectivity index (χ3v) is 5.37. The highest BCUT2D eigenvalue weighted by molar-refractivity contribution is 5.97. The molecule has 2 aromatic carbocycles. The van der Waals surface area contributed by atoms with Crippen LogP contribution in [0.3, 0.4) is 0 Å². The largest absolute Gasteiger partial charge is 0.477 e. The Morgan fingerprint density at radius 1 is 1.22 bits per heavy atom. The van der Waals surface area contributed by atoms with Crippen molar-refractivity contribution >= 4 is 29.3 Å². The molecule has 0 aliphatic carbocycles. The molecule has 1 aromatic heterocycles. The second kappa shape index (κ2) is 9.03. The number of aromatic carboxylic acids is 1. The zero-order valence-electron chi connectivity index (χ0n) is 17.4. The molecular weight excluding hydrogens is 410 g/mol. The Balaban J connectivity index is 1.61. The van der Waals surface area contributed by atoms with E-state index in [1.54, 1.807) is 24.1 Å². The minimum absolute atomic E-state index is 0.0118. The summed E-state index contributed by atoms with van der Waals surface area (Å²) >= 11 is 0. The molecular formula is C23H23N5O4. The number of benzene rings is 2. The van der Waals surface area contributed by atoms with Crippen LogP contribution in [0.5, 0.6) is 0 Å². The topological polar surface area (TPSA) is 128 Å². The molecule has 4 rings (SSSR count). The fourth-order valence-electron chi connectivity index (χ4n) is 3.60. The van der Waals surface area contributed by atoms with Crippen LogP contribution in [0.2, 0.25) is 0 Å². The van der Waals surface area contributed by atoms with Gasteiger partial charge in [0.2, 0.25) is 5.95 Å². The summed E-state index contributed by atoms with van der Waals surface area (Å²) in [5.74, 6) is -0.906. The zero-order valence-corrected chi connectivity index (χ0v) is 17.4. The molecule has 0 saturated heterocycles. The lowest BCUT2D eigenvalue weighted by Crippen LogP contribution is -2.34. The van der Waals surface area contributed by atoms with E-state index in [0.29, 0.717) is 17.8 Å². The van der Waals surface area contributed by atoms with E-state index in [-0.39, 0.29) is 29.8 Å². The third-order valence-electron chi connectivity index (χ3n) is 5.37. The maximum absolute atomic E-state index is 12.3. The average molecular weight is 433 g/mol. The van der Waals surface area contributed by atoms with Crippen molar-refractivity contribution in [2.75, 3.05) is 30.8 Å². The standard InChI is InChI=1S/C23H23N5O4/c1-28-10-9-15-11-16(7-8-17(15)21(28)30)25-23-24-12-18(22(31)32)20(27-23)26-19(13-29)14-5-3-2-4-6-14/h2-8,11-12,19,29H,9-10,13H2,1H3,(H,31,32)(H2,24,25,26,27)/t19-/m1/s1. The summed E-state index contributed by atoms with van der Waals surface area (Å²) in [5.41, 5.74) is 2.98. The predicted molar refractivity (Wildman–Crippen MR) is 119 cm³/mol. The molecule has 0 unspecified atom stereocenters. The molecule has 3 aromatic rings. The number of fused-ring (bicyclic) bond motifs is 1. The summed E-state index contributed by atoms with van der Waals surface area (Å²) in [5, 5.41) is 25.5. The van der Waals surface area contributed by atoms with Crippen molar-refractivity contribution in [3.63, 3.8) is 0 Å². The van der Waals surface area contributed by atoms with Crippen LogP contribution in [0.25, 0.3) is 0 Å². The van der Waals surface area contributed by atoms with E-state index in [4.69, 9.17) is 0 Å². The van der Waals surface area contributed by atoms with Crippen LogP contribution < -0.4 is 10.6 Å². The number of aromatic nitrogens is 2. The number of nitrogens with zero attached hydrogens (tertiary/aromatic N) is 3. The highest BCUT2D eigenvalue weighted by Gasteiger charge is 2.22. The first-order valence-electron chi connectivity index (χ1n) is 10.1. The zero-order chi connectivity index (χ0) is 22.7. The van der Waals surface area contributed by atoms with E-state index >= 15 is 0 Å². The summed E-state index contributed by atoms with van der Waals surface area (Å²) in [6.07, 6.45) is 1.96. The number of carboxylic acids is 1. The molecule has 1 amide bonds. The van der Waals surface area contributed by atoms with E-state index in [2.05, 4.69) is 20.6 Å². The number of anilines is 3. The van der Waals surface area contributed by atoms with Gasteiger partial charge in [-0.15, -0.1) is 0 Å². The Bertz CT molecular complexity index is 1150. The fourth-order valence-corrected chi connectivity index (χ4v) is 3.60. The van der Waals surface area contributed by atoms with E-state index in [1.807, 2.05) is 36.4 Å². The summed E-state index contributed by atoms with van der Waals surface area (Å²) in [6.45, 7) is 0.401. The maximum Gasteiger partial charge on any atom is 0.341 e. The van der Waals surface area contributed by atoms with Crippen LogP contribution >= 0.6 is 0 Å². The summed E-state index contributed by atoms with van der Waals surface area (Å²) < 4.78 is 0. The van der Waals surface area contributed by atoms with Crippen LogP contribution in [0, 0.1) is 0 Å². The number of amides is 1. The molecule has 0 radical (unpaired) electrons. The van der Waals surface area contributed by atoms with Crippen molar-refractivity contribution in [1.29, 1.82) is 0 Å². The molecule has 1 atom stereocenters. The lowest BCUT2D eigenvalue weighted by molar-refractivity contribution is 0.0696. The molecule has 9 heteroatoms. The first-order valence-corrected chi connectivity index (χ1v) is 10.1. The smallest absolute Gasteiger partial charge is 0.341 e. The van der Waals surface area contributed by atoms with Crippen LogP contribution in [0.4, 0.5) is 17.5 Å². The number of hydrogen-bond donors (Lipinski definition) is 4. The van der Waals surface area contributed by atoms with Gasteiger partial charge in [0, 0.05) is 31.0 Å². The number of hydrogen-bond acceptors (Lipinski definition) is 7. The molecule has 0 spiro atoms. The number of carbonyl (C=O) groups is 2. The van der Waals surface area contributed by atoms with Crippen LogP contribution in [0.15, 0.2) is 54.7 Å². The number of nitrogens with one attached hydrogen (secondary N) is 2. The first kappa shape index (κ1) is 21.3. The average Bonchev–Trinajstić information content (AvgIpc) is 2.80. The van der Waals surface area contributed by atoms with Crippen LogP contribution in [-0.2, 0) is 6.42 Å². The summed E-state index contributed by atoms with van der Waals surface area (Å²) in [6, 6.07) is 14.1. The molecule has 0 saturated carbocycles. The molecule has 1 aliphatic heterocycles. The Kier molecular flexibility index (Phi) is 6.00. The summed E-state index contributed by atoms with van der Waals surface area (Å²) in [7, 11) is 1.78. The maximum atomic E-state index is 12.3. The minimum atomic E-state index is -1.18. The van der Waals surface area contributed by atoms with Gasteiger partial charge in [-0.05, 0) is 35.7 Å². The predicted octanol–water partition coefficient (Wildman–Crippen LogP) is 2.69. The number of carboxylic acid groups (broad SMARTS) is 1. The highest BCUT2D eigenvalue weighted by Crippen LogP contribution is 2.26. The number of aliphatic hydroxyl groups excluding tert-OH is 1. The minimum Gasteiger partial charge on any atom is -0.477 e. The fraction of sp³-hybridized carbons (Fsp3) is 0.217. The van der Waals surface area contributed by atoms with Gasteiger partial charge >= 0.3 is 5.97 Å². The van der Waals surface area contributed by atoms with E-state index in [9.17, 15) is 19.8 Å². The lowest BCUT2D eigenvalue weighted by atomic mass is 9.99. The number of carbonyl (C=O) groups excluding carboxylic acids is 1. The quantitative estimate of drug-likeness (QED) is 0.448. The van der Waals surface area contributed by atoms with E-state index in [1.165, 1.54) is 6.20 Å². The van der Waals surface area contributed by atoms with Gasteiger partial charge in [-0.25, -0.2) is 9.78 Å². The van der Waals surface area contributed by atoms with Gasteiger partial charge in [-0.2, -0.15) is 4.98 Å².